The summed E-state index contributed by atoms with van der Waals surface area (Å²) in [6.07, 6.45) is 2.78. The third-order valence-electron chi connectivity index (χ3n) is 4.07. The summed E-state index contributed by atoms with van der Waals surface area (Å²) in [6, 6.07) is 6.35. The molecule has 1 atom stereocenters. The van der Waals surface area contributed by atoms with Gasteiger partial charge in [-0.05, 0) is 49.5 Å². The lowest BCUT2D eigenvalue weighted by molar-refractivity contribution is 0.145. The number of anilines is 1. The monoisotopic (exact) mass is 262 g/mol. The van der Waals surface area contributed by atoms with E-state index < -0.39 is 0 Å². The molecule has 1 aromatic carbocycles. The highest BCUT2D eigenvalue weighted by molar-refractivity contribution is 5.54. The number of nitrogens with zero attached hydrogens (tertiary/aromatic N) is 1. The molecule has 1 heterocycles. The molecule has 106 valence electrons. The Morgan fingerprint density at radius 2 is 2.11 bits per heavy atom. The average molecular weight is 262 g/mol. The smallest absolute Gasteiger partial charge is 0.0802 e. The summed E-state index contributed by atoms with van der Waals surface area (Å²) < 4.78 is 0. The third-order valence-corrected chi connectivity index (χ3v) is 4.07. The molecule has 1 aliphatic rings. The first-order valence-corrected chi connectivity index (χ1v) is 7.51. The molecule has 0 aliphatic carbocycles. The summed E-state index contributed by atoms with van der Waals surface area (Å²) in [5.41, 5.74) is 3.66. The van der Waals surface area contributed by atoms with E-state index in [2.05, 4.69) is 42.3 Å². The number of nitrogens with one attached hydrogen (secondary N) is 1. The van der Waals surface area contributed by atoms with Crippen molar-refractivity contribution in [1.82, 2.24) is 4.90 Å². The first-order valence-electron chi connectivity index (χ1n) is 7.51. The zero-order valence-corrected chi connectivity index (χ0v) is 12.2. The lowest BCUT2D eigenvalue weighted by Crippen LogP contribution is -2.25. The van der Waals surface area contributed by atoms with Gasteiger partial charge in [-0.25, -0.2) is 0 Å². The molecule has 1 aliphatic heterocycles. The van der Waals surface area contributed by atoms with E-state index in [1.54, 1.807) is 0 Å². The van der Waals surface area contributed by atoms with Gasteiger partial charge < -0.3 is 15.3 Å². The maximum atomic E-state index is 10.3. The molecule has 0 amide bonds. The topological polar surface area (TPSA) is 35.5 Å². The molecule has 2 N–H and O–H groups in total. The molecule has 0 bridgehead atoms. The van der Waals surface area contributed by atoms with Crippen LogP contribution in [0.4, 0.5) is 5.69 Å². The molecule has 0 saturated heterocycles. The molecule has 1 unspecified atom stereocenters. The molecule has 0 spiro atoms. The number of aliphatic hydroxyl groups is 1. The number of hydrogen-bond acceptors (Lipinski definition) is 3. The van der Waals surface area contributed by atoms with Crippen molar-refractivity contribution in [3.8, 4) is 0 Å². The van der Waals surface area contributed by atoms with E-state index in [1.807, 2.05) is 0 Å². The highest BCUT2D eigenvalue weighted by Crippen LogP contribution is 2.26. The average Bonchev–Trinajstić information content (AvgIpc) is 2.47. The second kappa shape index (κ2) is 6.92. The zero-order valence-electron chi connectivity index (χ0n) is 12.2. The van der Waals surface area contributed by atoms with Gasteiger partial charge in [0.15, 0.2) is 0 Å². The van der Waals surface area contributed by atoms with Gasteiger partial charge in [-0.2, -0.15) is 0 Å². The summed E-state index contributed by atoms with van der Waals surface area (Å²) in [5.74, 6) is 0. The van der Waals surface area contributed by atoms with Crippen molar-refractivity contribution in [2.45, 2.75) is 39.2 Å². The second-order valence-corrected chi connectivity index (χ2v) is 5.28. The molecule has 0 radical (unpaired) electrons. The molecular formula is C16H26N2O. The minimum atomic E-state index is -0.340. The van der Waals surface area contributed by atoms with Crippen molar-refractivity contribution >= 4 is 5.69 Å². The SMILES string of the molecule is CCN(CC)CCC(O)c1ccc2c(c1)CCCN2. The molecule has 0 saturated carbocycles. The Bertz CT molecular complexity index is 402. The Kier molecular flexibility index (Phi) is 5.23. The van der Waals surface area contributed by atoms with Crippen LogP contribution in [0, 0.1) is 0 Å². The number of hydrogen-bond donors (Lipinski definition) is 2. The fourth-order valence-corrected chi connectivity index (χ4v) is 2.71. The number of fused-ring (bicyclic) bond motifs is 1. The van der Waals surface area contributed by atoms with Gasteiger partial charge in [-0.3, -0.25) is 0 Å². The van der Waals surface area contributed by atoms with E-state index in [1.165, 1.54) is 17.7 Å². The predicted octanol–water partition coefficient (Wildman–Crippen LogP) is 2.81. The van der Waals surface area contributed by atoms with Crippen LogP contribution in [0.15, 0.2) is 18.2 Å². The maximum Gasteiger partial charge on any atom is 0.0802 e. The van der Waals surface area contributed by atoms with E-state index in [0.29, 0.717) is 0 Å². The Balaban J connectivity index is 1.97. The Labute approximate surface area is 116 Å². The van der Waals surface area contributed by atoms with Crippen LogP contribution < -0.4 is 5.32 Å². The predicted molar refractivity (Wildman–Crippen MR) is 80.6 cm³/mol. The van der Waals surface area contributed by atoms with Gasteiger partial charge in [-0.1, -0.05) is 26.0 Å². The van der Waals surface area contributed by atoms with Crippen LogP contribution in [-0.2, 0) is 6.42 Å². The molecule has 3 heteroatoms. The van der Waals surface area contributed by atoms with Crippen LogP contribution in [0.2, 0.25) is 0 Å². The van der Waals surface area contributed by atoms with Crippen molar-refractivity contribution in [1.29, 1.82) is 0 Å². The second-order valence-electron chi connectivity index (χ2n) is 5.28. The Morgan fingerprint density at radius 3 is 2.84 bits per heavy atom. The van der Waals surface area contributed by atoms with Gasteiger partial charge in [0.1, 0.15) is 0 Å². The van der Waals surface area contributed by atoms with Gasteiger partial charge in [0.05, 0.1) is 6.10 Å². The van der Waals surface area contributed by atoms with Gasteiger partial charge in [-0.15, -0.1) is 0 Å². The normalized spacial score (nSPS) is 16.0. The zero-order chi connectivity index (χ0) is 13.7. The highest BCUT2D eigenvalue weighted by atomic mass is 16.3. The largest absolute Gasteiger partial charge is 0.388 e. The van der Waals surface area contributed by atoms with Crippen LogP contribution in [0.1, 0.15) is 43.9 Å². The van der Waals surface area contributed by atoms with Gasteiger partial charge in [0.2, 0.25) is 0 Å². The quantitative estimate of drug-likeness (QED) is 0.827. The minimum absolute atomic E-state index is 0.340. The fraction of sp³-hybridized carbons (Fsp3) is 0.625. The van der Waals surface area contributed by atoms with Crippen LogP contribution >= 0.6 is 0 Å². The Hall–Kier alpha value is -1.06. The van der Waals surface area contributed by atoms with Crippen molar-refractivity contribution in [2.24, 2.45) is 0 Å². The van der Waals surface area contributed by atoms with Gasteiger partial charge >= 0.3 is 0 Å². The van der Waals surface area contributed by atoms with E-state index in [9.17, 15) is 5.11 Å². The summed E-state index contributed by atoms with van der Waals surface area (Å²) >= 11 is 0. The van der Waals surface area contributed by atoms with Crippen molar-refractivity contribution in [3.63, 3.8) is 0 Å². The molecule has 0 fully saturated rings. The molecular weight excluding hydrogens is 236 g/mol. The summed E-state index contributed by atoms with van der Waals surface area (Å²) in [6.45, 7) is 8.47. The number of benzene rings is 1. The van der Waals surface area contributed by atoms with E-state index in [0.717, 1.165) is 44.6 Å². The Morgan fingerprint density at radius 1 is 1.32 bits per heavy atom. The summed E-state index contributed by atoms with van der Waals surface area (Å²) in [4.78, 5) is 2.35. The first kappa shape index (κ1) is 14.4. The summed E-state index contributed by atoms with van der Waals surface area (Å²) in [5, 5.41) is 13.7. The van der Waals surface area contributed by atoms with Crippen LogP contribution in [0.25, 0.3) is 0 Å². The lowest BCUT2D eigenvalue weighted by Gasteiger charge is -2.22. The van der Waals surface area contributed by atoms with E-state index in [4.69, 9.17) is 0 Å². The molecule has 1 aromatic rings. The van der Waals surface area contributed by atoms with Crippen molar-refractivity contribution in [2.75, 3.05) is 31.5 Å². The highest BCUT2D eigenvalue weighted by Gasteiger charge is 2.13. The number of aliphatic hydroxyl groups excluding tert-OH is 1. The fourth-order valence-electron chi connectivity index (χ4n) is 2.71. The van der Waals surface area contributed by atoms with E-state index in [-0.39, 0.29) is 6.10 Å². The lowest BCUT2D eigenvalue weighted by atomic mass is 9.97. The van der Waals surface area contributed by atoms with Gasteiger partial charge in [0, 0.05) is 18.8 Å². The third kappa shape index (κ3) is 3.71. The number of rotatable bonds is 6. The standard InChI is InChI=1S/C16H26N2O/c1-3-18(4-2)11-9-16(19)14-7-8-15-13(12-14)6-5-10-17-15/h7-8,12,16-17,19H,3-6,9-11H2,1-2H3. The molecule has 2 rings (SSSR count). The number of aryl methyl sites for hydroxylation is 1. The molecule has 3 nitrogen and oxygen atoms in total. The van der Waals surface area contributed by atoms with Crippen LogP contribution in [-0.4, -0.2) is 36.2 Å². The maximum absolute atomic E-state index is 10.3. The molecule has 19 heavy (non-hydrogen) atoms. The van der Waals surface area contributed by atoms with Crippen LogP contribution in [0.5, 0.6) is 0 Å². The van der Waals surface area contributed by atoms with Crippen LogP contribution in [0.3, 0.4) is 0 Å². The van der Waals surface area contributed by atoms with E-state index >= 15 is 0 Å². The first-order chi connectivity index (χ1) is 9.24. The van der Waals surface area contributed by atoms with Crippen molar-refractivity contribution < 1.29 is 5.11 Å². The summed E-state index contributed by atoms with van der Waals surface area (Å²) in [7, 11) is 0. The minimum Gasteiger partial charge on any atom is -0.388 e. The molecule has 0 aromatic heterocycles. The van der Waals surface area contributed by atoms with Crippen molar-refractivity contribution in [3.05, 3.63) is 29.3 Å². The van der Waals surface area contributed by atoms with Gasteiger partial charge in [0.25, 0.3) is 0 Å².